The molecule has 1 saturated carbocycles. The highest BCUT2D eigenvalue weighted by molar-refractivity contribution is 5.80. The molecular formula is C18H35N3O3. The van der Waals surface area contributed by atoms with Gasteiger partial charge < -0.3 is 20.1 Å². The summed E-state index contributed by atoms with van der Waals surface area (Å²) in [5.41, 5.74) is 0.273. The molecule has 0 unspecified atom stereocenters. The van der Waals surface area contributed by atoms with Gasteiger partial charge in [-0.3, -0.25) is 9.79 Å². The topological polar surface area (TPSA) is 72.0 Å². The Hall–Kier alpha value is -1.30. The van der Waals surface area contributed by atoms with Gasteiger partial charge in [-0.1, -0.05) is 12.8 Å². The van der Waals surface area contributed by atoms with Crippen LogP contribution in [0.4, 0.5) is 0 Å². The quantitative estimate of drug-likeness (QED) is 0.363. The monoisotopic (exact) mass is 341 g/mol. The Bertz CT molecular complexity index is 391. The van der Waals surface area contributed by atoms with Crippen LogP contribution < -0.4 is 10.6 Å². The minimum Gasteiger partial charge on any atom is -0.463 e. The fraction of sp³-hybridized carbons (Fsp3) is 0.889. The molecule has 2 N–H and O–H groups in total. The molecule has 1 rings (SSSR count). The smallest absolute Gasteiger partial charge is 0.307 e. The van der Waals surface area contributed by atoms with Crippen LogP contribution in [0.2, 0.25) is 0 Å². The Morgan fingerprint density at radius 1 is 1.25 bits per heavy atom. The van der Waals surface area contributed by atoms with Gasteiger partial charge in [-0.2, -0.15) is 0 Å². The van der Waals surface area contributed by atoms with Crippen LogP contribution in [0.25, 0.3) is 0 Å². The van der Waals surface area contributed by atoms with E-state index in [4.69, 9.17) is 14.5 Å². The summed E-state index contributed by atoms with van der Waals surface area (Å²) >= 11 is 0. The van der Waals surface area contributed by atoms with Crippen LogP contribution in [-0.2, 0) is 14.3 Å². The van der Waals surface area contributed by atoms with Crippen LogP contribution in [0.15, 0.2) is 4.99 Å². The molecule has 0 heterocycles. The minimum absolute atomic E-state index is 0.0672. The van der Waals surface area contributed by atoms with Gasteiger partial charge in [0, 0.05) is 33.4 Å². The van der Waals surface area contributed by atoms with Crippen LogP contribution in [-0.4, -0.2) is 51.4 Å². The standard InChI is InChI=1S/C18H35N3O3/c1-5-19-17(20-12-8-16(22)24-15(2)3)21-14-18(11-13-23-4)9-6-7-10-18/h15H,5-14H2,1-4H3,(H2,19,20,21). The highest BCUT2D eigenvalue weighted by Crippen LogP contribution is 2.41. The first-order chi connectivity index (χ1) is 11.5. The van der Waals surface area contributed by atoms with E-state index >= 15 is 0 Å². The molecule has 140 valence electrons. The maximum atomic E-state index is 11.6. The number of methoxy groups -OCH3 is 1. The summed E-state index contributed by atoms with van der Waals surface area (Å²) in [7, 11) is 1.76. The molecule has 1 aliphatic rings. The van der Waals surface area contributed by atoms with Crippen molar-refractivity contribution in [3.05, 3.63) is 0 Å². The first-order valence-corrected chi connectivity index (χ1v) is 9.22. The van der Waals surface area contributed by atoms with Crippen molar-refractivity contribution < 1.29 is 14.3 Å². The lowest BCUT2D eigenvalue weighted by Crippen LogP contribution is -2.39. The molecule has 1 fully saturated rings. The molecule has 0 radical (unpaired) electrons. The molecule has 1 aliphatic carbocycles. The maximum absolute atomic E-state index is 11.6. The zero-order chi connectivity index (χ0) is 17.8. The van der Waals surface area contributed by atoms with Gasteiger partial charge in [-0.15, -0.1) is 0 Å². The summed E-state index contributed by atoms with van der Waals surface area (Å²) in [5.74, 6) is 0.597. The Labute approximate surface area is 146 Å². The molecule has 0 aliphatic heterocycles. The number of esters is 1. The normalized spacial score (nSPS) is 17.1. The Morgan fingerprint density at radius 2 is 1.96 bits per heavy atom. The van der Waals surface area contributed by atoms with Gasteiger partial charge in [0.1, 0.15) is 0 Å². The fourth-order valence-electron chi connectivity index (χ4n) is 3.12. The third-order valence-corrected chi connectivity index (χ3v) is 4.41. The second-order valence-electron chi connectivity index (χ2n) is 6.86. The number of carbonyl (C=O) groups is 1. The van der Waals surface area contributed by atoms with E-state index in [1.165, 1.54) is 25.7 Å². The highest BCUT2D eigenvalue weighted by atomic mass is 16.5. The number of guanidine groups is 1. The molecule has 6 heteroatoms. The average molecular weight is 341 g/mol. The maximum Gasteiger partial charge on any atom is 0.307 e. The summed E-state index contributed by atoms with van der Waals surface area (Å²) in [4.78, 5) is 16.4. The number of aliphatic imine (C=N–C) groups is 1. The van der Waals surface area contributed by atoms with Gasteiger partial charge in [0.25, 0.3) is 0 Å². The lowest BCUT2D eigenvalue weighted by molar-refractivity contribution is -0.147. The number of hydrogen-bond acceptors (Lipinski definition) is 4. The molecule has 0 spiro atoms. The van der Waals surface area contributed by atoms with Crippen LogP contribution in [0, 0.1) is 5.41 Å². The minimum atomic E-state index is -0.180. The largest absolute Gasteiger partial charge is 0.463 e. The van der Waals surface area contributed by atoms with E-state index in [1.807, 2.05) is 20.8 Å². The lowest BCUT2D eigenvalue weighted by Gasteiger charge is -2.27. The van der Waals surface area contributed by atoms with E-state index in [0.29, 0.717) is 13.0 Å². The van der Waals surface area contributed by atoms with Crippen LogP contribution in [0.3, 0.4) is 0 Å². The lowest BCUT2D eigenvalue weighted by atomic mass is 9.83. The number of nitrogens with one attached hydrogen (secondary N) is 2. The van der Waals surface area contributed by atoms with E-state index in [9.17, 15) is 4.79 Å². The Kier molecular flexibility index (Phi) is 9.76. The van der Waals surface area contributed by atoms with Crippen molar-refractivity contribution in [3.63, 3.8) is 0 Å². The predicted molar refractivity (Wildman–Crippen MR) is 97.2 cm³/mol. The number of rotatable bonds is 10. The van der Waals surface area contributed by atoms with Crippen LogP contribution >= 0.6 is 0 Å². The van der Waals surface area contributed by atoms with Gasteiger partial charge in [0.15, 0.2) is 5.96 Å². The number of carbonyl (C=O) groups excluding carboxylic acids is 1. The molecule has 0 amide bonds. The summed E-state index contributed by atoms with van der Waals surface area (Å²) < 4.78 is 10.4. The second kappa shape index (κ2) is 11.3. The highest BCUT2D eigenvalue weighted by Gasteiger charge is 2.33. The summed E-state index contributed by atoms with van der Waals surface area (Å²) in [5, 5.41) is 6.48. The van der Waals surface area contributed by atoms with Gasteiger partial charge in [-0.05, 0) is 45.4 Å². The predicted octanol–water partition coefficient (Wildman–Crippen LogP) is 2.48. The molecule has 6 nitrogen and oxygen atoms in total. The van der Waals surface area contributed by atoms with E-state index in [2.05, 4.69) is 10.6 Å². The van der Waals surface area contributed by atoms with Crippen molar-refractivity contribution in [2.45, 2.75) is 65.4 Å². The van der Waals surface area contributed by atoms with E-state index in [0.717, 1.165) is 32.1 Å². The zero-order valence-corrected chi connectivity index (χ0v) is 15.8. The first-order valence-electron chi connectivity index (χ1n) is 9.22. The number of nitrogens with zero attached hydrogens (tertiary/aromatic N) is 1. The first kappa shape index (κ1) is 20.7. The molecule has 0 atom stereocenters. The summed E-state index contributed by atoms with van der Waals surface area (Å²) in [6.07, 6.45) is 6.35. The van der Waals surface area contributed by atoms with Crippen LogP contribution in [0.5, 0.6) is 0 Å². The van der Waals surface area contributed by atoms with Crippen molar-refractivity contribution in [2.75, 3.05) is 33.4 Å². The zero-order valence-electron chi connectivity index (χ0n) is 15.8. The number of hydrogen-bond donors (Lipinski definition) is 2. The Morgan fingerprint density at radius 3 is 2.54 bits per heavy atom. The van der Waals surface area contributed by atoms with Crippen molar-refractivity contribution in [3.8, 4) is 0 Å². The molecule has 0 bridgehead atoms. The van der Waals surface area contributed by atoms with Crippen LogP contribution in [0.1, 0.15) is 59.3 Å². The van der Waals surface area contributed by atoms with Crippen molar-refractivity contribution in [2.24, 2.45) is 10.4 Å². The van der Waals surface area contributed by atoms with E-state index in [1.54, 1.807) is 7.11 Å². The molecule has 0 saturated heterocycles. The molecule has 24 heavy (non-hydrogen) atoms. The third kappa shape index (κ3) is 7.99. The average Bonchev–Trinajstić information content (AvgIpc) is 2.99. The summed E-state index contributed by atoms with van der Waals surface area (Å²) in [6, 6.07) is 0. The van der Waals surface area contributed by atoms with E-state index < -0.39 is 0 Å². The molecule has 0 aromatic rings. The SMILES string of the molecule is CCNC(=NCC1(CCOC)CCCC1)NCCC(=O)OC(C)C. The van der Waals surface area contributed by atoms with Gasteiger partial charge >= 0.3 is 5.97 Å². The van der Waals surface area contributed by atoms with Gasteiger partial charge in [0.2, 0.25) is 0 Å². The molecule has 0 aromatic heterocycles. The van der Waals surface area contributed by atoms with E-state index in [-0.39, 0.29) is 17.5 Å². The van der Waals surface area contributed by atoms with Gasteiger partial charge in [0.05, 0.1) is 12.5 Å². The van der Waals surface area contributed by atoms with Crippen molar-refractivity contribution in [1.82, 2.24) is 10.6 Å². The third-order valence-electron chi connectivity index (χ3n) is 4.41. The van der Waals surface area contributed by atoms with Crippen molar-refractivity contribution in [1.29, 1.82) is 0 Å². The number of ether oxygens (including phenoxy) is 2. The van der Waals surface area contributed by atoms with Gasteiger partial charge in [-0.25, -0.2) is 0 Å². The molecule has 0 aromatic carbocycles. The second-order valence-corrected chi connectivity index (χ2v) is 6.86. The fourth-order valence-corrected chi connectivity index (χ4v) is 3.12. The summed E-state index contributed by atoms with van der Waals surface area (Å²) in [6.45, 7) is 8.69. The van der Waals surface area contributed by atoms with Crippen molar-refractivity contribution >= 4 is 11.9 Å². The molecular weight excluding hydrogens is 306 g/mol. The Balaban J connectivity index is 2.49.